The Hall–Kier alpha value is -3.54. The molecule has 2 aromatic carbocycles. The minimum Gasteiger partial charge on any atom is -0.502 e. The molecule has 1 N–H and O–H groups in total. The Labute approximate surface area is 186 Å². The molecule has 2 aliphatic carbocycles. The summed E-state index contributed by atoms with van der Waals surface area (Å²) in [6.07, 6.45) is 4.46. The van der Waals surface area contributed by atoms with Crippen LogP contribution in [0.2, 0.25) is 0 Å². The van der Waals surface area contributed by atoms with Gasteiger partial charge < -0.3 is 10.0 Å². The summed E-state index contributed by atoms with van der Waals surface area (Å²) in [5.41, 5.74) is 3.94. The fraction of sp³-hybridized carbons (Fsp3) is 0.308. The van der Waals surface area contributed by atoms with Crippen molar-refractivity contribution in [3.05, 3.63) is 99.0 Å². The standard InChI is InChI=1S/C26H25N3O3/c1-3-25-14-17-8-4-6-10-19(17)26(25,20-11-7-5-9-18(20)15-25)29-16-27(2)24(32)22-23(31)21(30)12-13-28(22)29/h4-13,31H,3,14-16H2,1-2H3. The Morgan fingerprint density at radius 1 is 0.938 bits per heavy atom. The molecule has 0 saturated heterocycles. The highest BCUT2D eigenvalue weighted by molar-refractivity contribution is 5.96. The summed E-state index contributed by atoms with van der Waals surface area (Å²) in [5, 5.41) is 12.8. The lowest BCUT2D eigenvalue weighted by Gasteiger charge is -2.54. The number of hydrogen-bond donors (Lipinski definition) is 1. The molecule has 3 aromatic rings. The van der Waals surface area contributed by atoms with E-state index >= 15 is 0 Å². The molecule has 1 aromatic heterocycles. The van der Waals surface area contributed by atoms with Crippen LogP contribution in [0.1, 0.15) is 46.1 Å². The van der Waals surface area contributed by atoms with E-state index in [4.69, 9.17) is 0 Å². The predicted molar refractivity (Wildman–Crippen MR) is 121 cm³/mol. The van der Waals surface area contributed by atoms with Crippen molar-refractivity contribution < 1.29 is 9.90 Å². The molecule has 0 unspecified atom stereocenters. The van der Waals surface area contributed by atoms with Crippen molar-refractivity contribution in [1.29, 1.82) is 0 Å². The molecular weight excluding hydrogens is 402 g/mol. The van der Waals surface area contributed by atoms with Gasteiger partial charge in [0.15, 0.2) is 11.4 Å². The zero-order chi connectivity index (χ0) is 22.3. The monoisotopic (exact) mass is 427 g/mol. The van der Waals surface area contributed by atoms with Crippen molar-refractivity contribution >= 4 is 5.91 Å². The number of aromatic hydroxyl groups is 1. The molecule has 6 heteroatoms. The highest BCUT2D eigenvalue weighted by atomic mass is 16.3. The summed E-state index contributed by atoms with van der Waals surface area (Å²) in [6.45, 7) is 2.59. The van der Waals surface area contributed by atoms with Crippen molar-refractivity contribution in [1.82, 2.24) is 9.58 Å². The third-order valence-corrected chi connectivity index (χ3v) is 7.91. The quantitative estimate of drug-likeness (QED) is 0.683. The van der Waals surface area contributed by atoms with E-state index in [9.17, 15) is 14.7 Å². The van der Waals surface area contributed by atoms with Crippen LogP contribution in [-0.4, -0.2) is 34.3 Å². The highest BCUT2D eigenvalue weighted by Crippen LogP contribution is 2.64. The molecule has 0 radical (unpaired) electrons. The summed E-state index contributed by atoms with van der Waals surface area (Å²) in [7, 11) is 1.72. The van der Waals surface area contributed by atoms with Gasteiger partial charge in [-0.3, -0.25) is 19.3 Å². The zero-order valence-corrected chi connectivity index (χ0v) is 18.2. The molecule has 0 fully saturated rings. The van der Waals surface area contributed by atoms with E-state index in [0.717, 1.165) is 19.3 Å². The van der Waals surface area contributed by atoms with Crippen LogP contribution in [0.3, 0.4) is 0 Å². The van der Waals surface area contributed by atoms with Crippen molar-refractivity contribution in [2.45, 2.75) is 31.7 Å². The number of fused-ring (bicyclic) bond motifs is 6. The normalized spacial score (nSPS) is 25.4. The predicted octanol–water partition coefficient (Wildman–Crippen LogP) is 2.99. The van der Waals surface area contributed by atoms with Crippen molar-refractivity contribution in [2.24, 2.45) is 5.41 Å². The largest absolute Gasteiger partial charge is 0.502 e. The Balaban J connectivity index is 1.75. The average Bonchev–Trinajstić information content (AvgIpc) is 3.25. The number of carbonyl (C=O) groups excluding carboxylic acids is 1. The molecule has 2 heterocycles. The highest BCUT2D eigenvalue weighted by Gasteiger charge is 2.66. The molecule has 6 rings (SSSR count). The molecule has 0 atom stereocenters. The first-order valence-electron chi connectivity index (χ1n) is 11.1. The van der Waals surface area contributed by atoms with Crippen LogP contribution in [0.25, 0.3) is 0 Å². The maximum Gasteiger partial charge on any atom is 0.277 e. The second-order valence-corrected chi connectivity index (χ2v) is 9.28. The van der Waals surface area contributed by atoms with Crippen LogP contribution < -0.4 is 10.4 Å². The molecule has 0 saturated carbocycles. The van der Waals surface area contributed by atoms with Gasteiger partial charge in [0.1, 0.15) is 12.2 Å². The van der Waals surface area contributed by atoms with Gasteiger partial charge in [0.05, 0.1) is 0 Å². The number of rotatable bonds is 2. The van der Waals surface area contributed by atoms with Crippen molar-refractivity contribution in [3.63, 3.8) is 0 Å². The first-order chi connectivity index (χ1) is 15.4. The third kappa shape index (κ3) is 2.05. The fourth-order valence-electron chi connectivity index (χ4n) is 6.58. The number of benzene rings is 2. The zero-order valence-electron chi connectivity index (χ0n) is 18.2. The molecule has 3 aliphatic rings. The topological polar surface area (TPSA) is 65.8 Å². The Morgan fingerprint density at radius 2 is 1.53 bits per heavy atom. The van der Waals surface area contributed by atoms with Gasteiger partial charge in [-0.2, -0.15) is 0 Å². The molecule has 32 heavy (non-hydrogen) atoms. The van der Waals surface area contributed by atoms with Gasteiger partial charge in [-0.05, 0) is 41.5 Å². The maximum absolute atomic E-state index is 13.1. The number of pyridine rings is 1. The minimum absolute atomic E-state index is 0.0272. The Morgan fingerprint density at radius 3 is 2.12 bits per heavy atom. The van der Waals surface area contributed by atoms with Crippen molar-refractivity contribution in [3.8, 4) is 5.75 Å². The second-order valence-electron chi connectivity index (χ2n) is 9.28. The van der Waals surface area contributed by atoms with Gasteiger partial charge in [0, 0.05) is 24.7 Å². The van der Waals surface area contributed by atoms with Crippen molar-refractivity contribution in [2.75, 3.05) is 18.7 Å². The lowest BCUT2D eigenvalue weighted by atomic mass is 9.68. The van der Waals surface area contributed by atoms with E-state index < -0.39 is 16.7 Å². The van der Waals surface area contributed by atoms with Crippen LogP contribution in [-0.2, 0) is 18.4 Å². The van der Waals surface area contributed by atoms with E-state index in [2.05, 4.69) is 60.5 Å². The third-order valence-electron chi connectivity index (χ3n) is 7.91. The van der Waals surface area contributed by atoms with Gasteiger partial charge in [-0.25, -0.2) is 0 Å². The summed E-state index contributed by atoms with van der Waals surface area (Å²) in [5.74, 6) is -0.849. The molecule has 1 aliphatic heterocycles. The summed E-state index contributed by atoms with van der Waals surface area (Å²) >= 11 is 0. The first kappa shape index (κ1) is 19.2. The van der Waals surface area contributed by atoms with Crippen LogP contribution in [0.5, 0.6) is 5.75 Å². The Kier molecular flexibility index (Phi) is 3.74. The summed E-state index contributed by atoms with van der Waals surface area (Å²) in [6, 6.07) is 18.5. The number of aromatic nitrogens is 1. The first-order valence-corrected chi connectivity index (χ1v) is 11.1. The summed E-state index contributed by atoms with van der Waals surface area (Å²) < 4.78 is 1.73. The van der Waals surface area contributed by atoms with E-state index in [1.807, 2.05) is 0 Å². The van der Waals surface area contributed by atoms with Crippen LogP contribution in [0.4, 0.5) is 0 Å². The van der Waals surface area contributed by atoms with Gasteiger partial charge in [0.25, 0.3) is 5.91 Å². The fourth-order valence-corrected chi connectivity index (χ4v) is 6.58. The van der Waals surface area contributed by atoms with Crippen LogP contribution >= 0.6 is 0 Å². The number of carbonyl (C=O) groups is 1. The van der Waals surface area contributed by atoms with E-state index in [0.29, 0.717) is 6.67 Å². The molecule has 6 nitrogen and oxygen atoms in total. The minimum atomic E-state index is -0.544. The van der Waals surface area contributed by atoms with Gasteiger partial charge in [-0.15, -0.1) is 0 Å². The van der Waals surface area contributed by atoms with Gasteiger partial charge in [0.2, 0.25) is 5.43 Å². The second kappa shape index (κ2) is 6.25. The number of amides is 1. The molecule has 0 bridgehead atoms. The molecule has 0 spiro atoms. The molecule has 1 amide bonds. The van der Waals surface area contributed by atoms with Crippen LogP contribution in [0, 0.1) is 5.41 Å². The SMILES string of the molecule is CCC12Cc3ccccc3C1(N1CN(C)C(=O)c3c(O)c(=O)ccn31)c1ccccc1C2. The number of nitrogens with zero attached hydrogens (tertiary/aromatic N) is 3. The number of hydrogen-bond acceptors (Lipinski definition) is 4. The Bertz CT molecular complexity index is 1290. The summed E-state index contributed by atoms with van der Waals surface area (Å²) in [4.78, 5) is 26.9. The van der Waals surface area contributed by atoms with Gasteiger partial charge in [-0.1, -0.05) is 55.5 Å². The van der Waals surface area contributed by atoms with E-state index in [-0.39, 0.29) is 17.0 Å². The molecule has 162 valence electrons. The van der Waals surface area contributed by atoms with E-state index in [1.54, 1.807) is 22.8 Å². The van der Waals surface area contributed by atoms with Crippen LogP contribution in [0.15, 0.2) is 65.6 Å². The maximum atomic E-state index is 13.1. The molecular formula is C26H25N3O3. The van der Waals surface area contributed by atoms with E-state index in [1.165, 1.54) is 28.3 Å². The van der Waals surface area contributed by atoms with Gasteiger partial charge >= 0.3 is 0 Å². The smallest absolute Gasteiger partial charge is 0.277 e. The average molecular weight is 428 g/mol. The lowest BCUT2D eigenvalue weighted by molar-refractivity contribution is 0.0640. The lowest BCUT2D eigenvalue weighted by Crippen LogP contribution is -2.65.